The quantitative estimate of drug-likeness (QED) is 0.376. The van der Waals surface area contributed by atoms with Crippen LogP contribution in [0.5, 0.6) is 0 Å². The maximum absolute atomic E-state index is 5.15. The minimum Gasteiger partial charge on any atom is -0.322 e. The van der Waals surface area contributed by atoms with E-state index in [1.807, 2.05) is 0 Å². The minimum absolute atomic E-state index is 0.0216. The lowest BCUT2D eigenvalue weighted by atomic mass is 10.2. The zero-order chi connectivity index (χ0) is 4.99. The summed E-state index contributed by atoms with van der Waals surface area (Å²) in [4.78, 5) is 0. The molecule has 0 aliphatic rings. The van der Waals surface area contributed by atoms with Gasteiger partial charge in [-0.25, -0.2) is 0 Å². The van der Waals surface area contributed by atoms with E-state index in [9.17, 15) is 0 Å². The average molecular weight is 101 g/mol. The van der Waals surface area contributed by atoms with Gasteiger partial charge in [0, 0.05) is 5.88 Å². The highest BCUT2D eigenvalue weighted by Gasteiger charge is 1.75. The molecule has 0 spiro atoms. The van der Waals surface area contributed by atoms with Crippen LogP contribution in [0.4, 0.5) is 0 Å². The van der Waals surface area contributed by atoms with E-state index in [-0.39, 0.29) is 10.5 Å². The number of hydrogen-bond acceptors (Lipinski definition) is 1. The number of nitrogens with two attached hydrogens (primary N) is 1. The first-order chi connectivity index (χ1) is 2.81. The summed E-state index contributed by atoms with van der Waals surface area (Å²) < 4.78 is 0. The van der Waals surface area contributed by atoms with Crippen molar-refractivity contribution in [3.8, 4) is 0 Å². The highest BCUT2D eigenvalue weighted by molar-refractivity contribution is 8.14. The van der Waals surface area contributed by atoms with Crippen LogP contribution in [0, 0.1) is 0 Å². The van der Waals surface area contributed by atoms with E-state index >= 15 is 0 Å². The van der Waals surface area contributed by atoms with Crippen LogP contribution in [0.2, 0.25) is 0 Å². The molecule has 34 valence electrons. The Hall–Kier alpha value is 0.245. The fraction of sp³-hybridized carbons (Fsp3) is 0.667. The first-order valence-corrected chi connectivity index (χ1v) is 3.41. The van der Waals surface area contributed by atoms with Crippen LogP contribution in [-0.4, -0.2) is 25.2 Å². The van der Waals surface area contributed by atoms with Gasteiger partial charge >= 0.3 is 0 Å². The van der Waals surface area contributed by atoms with Crippen molar-refractivity contribution in [2.24, 2.45) is 5.73 Å². The molecule has 2 radical (unpaired) electrons. The summed E-state index contributed by atoms with van der Waals surface area (Å²) in [6.07, 6.45) is 0. The first kappa shape index (κ1) is 6.24. The van der Waals surface area contributed by atoms with E-state index < -0.39 is 0 Å². The van der Waals surface area contributed by atoms with Crippen molar-refractivity contribution in [2.75, 3.05) is 11.5 Å². The van der Waals surface area contributed by atoms with Crippen LogP contribution >= 0.6 is 10.5 Å². The van der Waals surface area contributed by atoms with Gasteiger partial charge in [0.15, 0.2) is 0 Å². The molecule has 0 aromatic heterocycles. The molecule has 0 saturated carbocycles. The fourth-order valence-corrected chi connectivity index (χ4v) is 0.204. The summed E-state index contributed by atoms with van der Waals surface area (Å²) in [6.45, 7) is 0. The summed E-state index contributed by atoms with van der Waals surface area (Å²) >= 11 is 0. The molecule has 1 nitrogen and oxygen atoms in total. The zero-order valence-electron chi connectivity index (χ0n) is 3.68. The van der Waals surface area contributed by atoms with Crippen molar-refractivity contribution in [2.45, 2.75) is 0 Å². The molecular formula is C3H8BNS. The van der Waals surface area contributed by atoms with Crippen LogP contribution < -0.4 is 5.73 Å². The number of rotatable bonds is 2. The molecule has 2 N–H and O–H groups in total. The predicted octanol–water partition coefficient (Wildman–Crippen LogP) is -0.271. The van der Waals surface area contributed by atoms with Gasteiger partial charge in [0.1, 0.15) is 0 Å². The topological polar surface area (TPSA) is 26.0 Å². The van der Waals surface area contributed by atoms with Crippen LogP contribution in [0.3, 0.4) is 0 Å². The van der Waals surface area contributed by atoms with Gasteiger partial charge in [-0.2, -0.15) is 10.5 Å². The summed E-state index contributed by atoms with van der Waals surface area (Å²) in [5, 5.41) is 0. The second-order valence-electron chi connectivity index (χ2n) is 0.946. The maximum Gasteiger partial charge on any atom is 0.0793 e. The highest BCUT2D eigenvalue weighted by Crippen LogP contribution is 1.98. The molecule has 0 amide bonds. The maximum atomic E-state index is 5.15. The SMILES string of the molecule is [B]CS(=C)CN. The van der Waals surface area contributed by atoms with Crippen molar-refractivity contribution >= 4 is 24.2 Å². The Bertz CT molecular complexity index is 48.8. The average Bonchev–Trinajstić information content (AvgIpc) is 1.65. The summed E-state index contributed by atoms with van der Waals surface area (Å²) in [5.41, 5.74) is 5.77. The number of hydrogen-bond donors (Lipinski definition) is 1. The van der Waals surface area contributed by atoms with E-state index in [2.05, 4.69) is 5.87 Å². The van der Waals surface area contributed by atoms with E-state index in [4.69, 9.17) is 13.6 Å². The predicted molar refractivity (Wildman–Crippen MR) is 34.4 cm³/mol. The zero-order valence-corrected chi connectivity index (χ0v) is 4.50. The monoisotopic (exact) mass is 101 g/mol. The van der Waals surface area contributed by atoms with E-state index in [0.717, 1.165) is 0 Å². The summed E-state index contributed by atoms with van der Waals surface area (Å²) in [6, 6.07) is 0. The van der Waals surface area contributed by atoms with Gasteiger partial charge in [0.2, 0.25) is 0 Å². The molecule has 0 rings (SSSR count). The van der Waals surface area contributed by atoms with E-state index in [0.29, 0.717) is 11.5 Å². The van der Waals surface area contributed by atoms with Gasteiger partial charge in [-0.15, -0.1) is 0 Å². The van der Waals surface area contributed by atoms with Gasteiger partial charge in [0.25, 0.3) is 0 Å². The molecule has 1 unspecified atom stereocenters. The molecule has 0 aliphatic heterocycles. The largest absolute Gasteiger partial charge is 0.322 e. The molecule has 0 saturated heterocycles. The standard InChI is InChI=1S/C3H8BNS/c1-6(2-4)3-5/h1-3,5H2. The Balaban J connectivity index is 2.99. The fourth-order valence-electron chi connectivity index (χ4n) is 0.0680. The third-order valence-electron chi connectivity index (χ3n) is 0.471. The van der Waals surface area contributed by atoms with Gasteiger partial charge in [-0.1, -0.05) is 5.87 Å². The molecule has 0 heterocycles. The van der Waals surface area contributed by atoms with Crippen molar-refractivity contribution in [3.05, 3.63) is 0 Å². The lowest BCUT2D eigenvalue weighted by molar-refractivity contribution is 1.40. The molecule has 0 aromatic carbocycles. The van der Waals surface area contributed by atoms with Crippen molar-refractivity contribution < 1.29 is 0 Å². The lowest BCUT2D eigenvalue weighted by Gasteiger charge is -1.93. The van der Waals surface area contributed by atoms with Crippen molar-refractivity contribution in [3.63, 3.8) is 0 Å². The van der Waals surface area contributed by atoms with E-state index in [1.165, 1.54) is 0 Å². The van der Waals surface area contributed by atoms with Crippen molar-refractivity contribution in [1.29, 1.82) is 0 Å². The Morgan fingerprint density at radius 3 is 2.33 bits per heavy atom. The Labute approximate surface area is 42.3 Å². The van der Waals surface area contributed by atoms with Crippen LogP contribution in [0.1, 0.15) is 0 Å². The van der Waals surface area contributed by atoms with Crippen molar-refractivity contribution in [1.82, 2.24) is 0 Å². The van der Waals surface area contributed by atoms with Gasteiger partial charge in [-0.3, -0.25) is 0 Å². The Morgan fingerprint density at radius 2 is 2.33 bits per heavy atom. The van der Waals surface area contributed by atoms with Gasteiger partial charge in [0.05, 0.1) is 7.85 Å². The van der Waals surface area contributed by atoms with Gasteiger partial charge < -0.3 is 5.73 Å². The van der Waals surface area contributed by atoms with Crippen LogP contribution in [0.25, 0.3) is 0 Å². The second-order valence-corrected chi connectivity index (χ2v) is 2.84. The third kappa shape index (κ3) is 2.48. The lowest BCUT2D eigenvalue weighted by Crippen LogP contribution is -1.96. The molecule has 0 bridgehead atoms. The Kier molecular flexibility index (Phi) is 3.58. The van der Waals surface area contributed by atoms with Gasteiger partial charge in [-0.05, 0) is 5.65 Å². The summed E-state index contributed by atoms with van der Waals surface area (Å²) in [5.74, 6) is 4.27. The molecule has 6 heavy (non-hydrogen) atoms. The molecule has 3 heteroatoms. The molecule has 0 fully saturated rings. The normalized spacial score (nSPS) is 14.2. The first-order valence-electron chi connectivity index (χ1n) is 1.68. The summed E-state index contributed by atoms with van der Waals surface area (Å²) in [7, 11) is 5.17. The second kappa shape index (κ2) is 3.44. The molecule has 0 aromatic rings. The molecule has 1 atom stereocenters. The molecular weight excluding hydrogens is 92.9 g/mol. The minimum atomic E-state index is 0.0216. The Morgan fingerprint density at radius 1 is 1.83 bits per heavy atom. The van der Waals surface area contributed by atoms with Crippen LogP contribution in [-0.2, 0) is 0 Å². The molecule has 0 aliphatic carbocycles. The highest BCUT2D eigenvalue weighted by atomic mass is 32.2. The van der Waals surface area contributed by atoms with Crippen LogP contribution in [0.15, 0.2) is 0 Å². The third-order valence-corrected chi connectivity index (χ3v) is 1.41. The smallest absolute Gasteiger partial charge is 0.0793 e. The van der Waals surface area contributed by atoms with E-state index in [1.54, 1.807) is 0 Å².